The normalized spacial score (nSPS) is 19.7. The van der Waals surface area contributed by atoms with E-state index in [2.05, 4.69) is 59.2 Å². The largest absolute Gasteiger partial charge is 0.496 e. The van der Waals surface area contributed by atoms with E-state index >= 15 is 0 Å². The number of ether oxygens (including phenoxy) is 2. The third kappa shape index (κ3) is 5.68. The minimum absolute atomic E-state index is 0.692. The predicted molar refractivity (Wildman–Crippen MR) is 127 cm³/mol. The number of hydrogen-bond donors (Lipinski definition) is 0. The van der Waals surface area contributed by atoms with Crippen molar-refractivity contribution in [3.05, 3.63) is 64.7 Å². The van der Waals surface area contributed by atoms with Crippen LogP contribution in [0.2, 0.25) is 0 Å². The summed E-state index contributed by atoms with van der Waals surface area (Å²) in [5.74, 6) is 1.70. The minimum Gasteiger partial charge on any atom is -0.496 e. The van der Waals surface area contributed by atoms with Crippen molar-refractivity contribution in [2.24, 2.45) is 5.92 Å². The fourth-order valence-corrected chi connectivity index (χ4v) is 5.49. The summed E-state index contributed by atoms with van der Waals surface area (Å²) >= 11 is 0. The molecule has 31 heavy (non-hydrogen) atoms. The van der Waals surface area contributed by atoms with Crippen molar-refractivity contribution >= 4 is 0 Å². The molecule has 0 bridgehead atoms. The van der Waals surface area contributed by atoms with Crippen molar-refractivity contribution in [2.75, 3.05) is 47.0 Å². The van der Waals surface area contributed by atoms with Gasteiger partial charge >= 0.3 is 0 Å². The van der Waals surface area contributed by atoms with Gasteiger partial charge < -0.3 is 9.47 Å². The van der Waals surface area contributed by atoms with E-state index in [1.807, 2.05) is 0 Å². The first-order valence-corrected chi connectivity index (χ1v) is 11.8. The molecule has 1 saturated heterocycles. The van der Waals surface area contributed by atoms with E-state index in [-0.39, 0.29) is 0 Å². The smallest absolute Gasteiger partial charge is 0.121 e. The SMILES string of the molecule is COCCN(Cc1ccc(OC)c(C)c1)CC1CCCN(C2Cc3ccccc3C2)C1. The van der Waals surface area contributed by atoms with Crippen LogP contribution in [-0.4, -0.2) is 62.8 Å². The lowest BCUT2D eigenvalue weighted by atomic mass is 9.95. The second-order valence-electron chi connectivity index (χ2n) is 9.37. The van der Waals surface area contributed by atoms with Crippen LogP contribution in [0.15, 0.2) is 42.5 Å². The molecule has 1 fully saturated rings. The van der Waals surface area contributed by atoms with Crippen LogP contribution in [0, 0.1) is 12.8 Å². The van der Waals surface area contributed by atoms with Gasteiger partial charge in [0.15, 0.2) is 0 Å². The third-order valence-electron chi connectivity index (χ3n) is 7.09. The highest BCUT2D eigenvalue weighted by molar-refractivity contribution is 5.36. The zero-order valence-electron chi connectivity index (χ0n) is 19.5. The van der Waals surface area contributed by atoms with Crippen LogP contribution in [0.25, 0.3) is 0 Å². The van der Waals surface area contributed by atoms with E-state index in [4.69, 9.17) is 9.47 Å². The summed E-state index contributed by atoms with van der Waals surface area (Å²) in [6, 6.07) is 16.3. The number of rotatable bonds is 9. The Morgan fingerprint density at radius 2 is 1.84 bits per heavy atom. The molecule has 0 radical (unpaired) electrons. The summed E-state index contributed by atoms with van der Waals surface area (Å²) in [5, 5.41) is 0. The first kappa shape index (κ1) is 22.3. The van der Waals surface area contributed by atoms with Crippen molar-refractivity contribution in [3.8, 4) is 5.75 Å². The van der Waals surface area contributed by atoms with Gasteiger partial charge in [-0.2, -0.15) is 0 Å². The average Bonchev–Trinajstić information content (AvgIpc) is 3.22. The molecular weight excluding hydrogens is 384 g/mol. The molecule has 1 atom stereocenters. The van der Waals surface area contributed by atoms with Gasteiger partial charge in [0.2, 0.25) is 0 Å². The molecule has 168 valence electrons. The minimum atomic E-state index is 0.692. The maximum absolute atomic E-state index is 5.44. The van der Waals surface area contributed by atoms with Crippen molar-refractivity contribution in [3.63, 3.8) is 0 Å². The number of methoxy groups -OCH3 is 2. The Morgan fingerprint density at radius 1 is 1.06 bits per heavy atom. The lowest BCUT2D eigenvalue weighted by molar-refractivity contribution is 0.0843. The molecule has 1 heterocycles. The van der Waals surface area contributed by atoms with Gasteiger partial charge in [-0.15, -0.1) is 0 Å². The van der Waals surface area contributed by atoms with Gasteiger partial charge in [0.1, 0.15) is 5.75 Å². The molecule has 4 heteroatoms. The lowest BCUT2D eigenvalue weighted by Crippen LogP contribution is -2.46. The Bertz CT molecular complexity index is 828. The van der Waals surface area contributed by atoms with E-state index in [1.54, 1.807) is 25.3 Å². The fourth-order valence-electron chi connectivity index (χ4n) is 5.49. The van der Waals surface area contributed by atoms with Crippen molar-refractivity contribution in [2.45, 2.75) is 45.2 Å². The van der Waals surface area contributed by atoms with Crippen LogP contribution in [0.5, 0.6) is 5.75 Å². The van der Waals surface area contributed by atoms with E-state index in [0.29, 0.717) is 6.04 Å². The molecular formula is C27H38N2O2. The van der Waals surface area contributed by atoms with Crippen molar-refractivity contribution in [1.82, 2.24) is 9.80 Å². The molecule has 1 unspecified atom stereocenters. The summed E-state index contributed by atoms with van der Waals surface area (Å²) in [5.41, 5.74) is 5.68. The fraction of sp³-hybridized carbons (Fsp3) is 0.556. The van der Waals surface area contributed by atoms with E-state index in [9.17, 15) is 0 Å². The maximum Gasteiger partial charge on any atom is 0.121 e. The highest BCUT2D eigenvalue weighted by atomic mass is 16.5. The zero-order valence-corrected chi connectivity index (χ0v) is 19.5. The number of hydrogen-bond acceptors (Lipinski definition) is 4. The van der Waals surface area contributed by atoms with Gasteiger partial charge in [-0.05, 0) is 73.4 Å². The first-order valence-electron chi connectivity index (χ1n) is 11.8. The summed E-state index contributed by atoms with van der Waals surface area (Å²) in [6.07, 6.45) is 5.10. The van der Waals surface area contributed by atoms with Gasteiger partial charge in [0.25, 0.3) is 0 Å². The van der Waals surface area contributed by atoms with Crippen LogP contribution >= 0.6 is 0 Å². The molecule has 0 amide bonds. The van der Waals surface area contributed by atoms with Crippen molar-refractivity contribution in [1.29, 1.82) is 0 Å². The predicted octanol–water partition coefficient (Wildman–Crippen LogP) is 4.33. The van der Waals surface area contributed by atoms with E-state index in [1.165, 1.54) is 49.9 Å². The van der Waals surface area contributed by atoms with Gasteiger partial charge in [0, 0.05) is 39.3 Å². The monoisotopic (exact) mass is 422 g/mol. The van der Waals surface area contributed by atoms with Crippen LogP contribution in [0.3, 0.4) is 0 Å². The van der Waals surface area contributed by atoms with Crippen LogP contribution in [-0.2, 0) is 24.1 Å². The molecule has 4 nitrogen and oxygen atoms in total. The first-order chi connectivity index (χ1) is 15.2. The number of fused-ring (bicyclic) bond motifs is 1. The van der Waals surface area contributed by atoms with Gasteiger partial charge in [-0.3, -0.25) is 9.80 Å². The molecule has 0 N–H and O–H groups in total. The zero-order chi connectivity index (χ0) is 21.6. The number of nitrogens with zero attached hydrogens (tertiary/aromatic N) is 2. The Morgan fingerprint density at radius 3 is 2.52 bits per heavy atom. The number of piperidine rings is 1. The molecule has 0 aromatic heterocycles. The summed E-state index contributed by atoms with van der Waals surface area (Å²) in [4.78, 5) is 5.36. The van der Waals surface area contributed by atoms with Gasteiger partial charge in [0.05, 0.1) is 13.7 Å². The van der Waals surface area contributed by atoms with Crippen molar-refractivity contribution < 1.29 is 9.47 Å². The second kappa shape index (κ2) is 10.6. The Kier molecular flexibility index (Phi) is 7.65. The molecule has 4 rings (SSSR count). The Labute approximate surface area is 188 Å². The molecule has 2 aliphatic rings. The van der Waals surface area contributed by atoms with E-state index < -0.39 is 0 Å². The Balaban J connectivity index is 1.37. The molecule has 1 aliphatic heterocycles. The molecule has 0 spiro atoms. The van der Waals surface area contributed by atoms with Crippen LogP contribution < -0.4 is 4.74 Å². The van der Waals surface area contributed by atoms with Gasteiger partial charge in [-0.1, -0.05) is 36.4 Å². The quantitative estimate of drug-likeness (QED) is 0.600. The second-order valence-corrected chi connectivity index (χ2v) is 9.37. The van der Waals surface area contributed by atoms with Crippen LogP contribution in [0.4, 0.5) is 0 Å². The summed E-state index contributed by atoms with van der Waals surface area (Å²) in [6.45, 7) is 8.48. The molecule has 1 aliphatic carbocycles. The Hall–Kier alpha value is -1.88. The number of benzene rings is 2. The summed E-state index contributed by atoms with van der Waals surface area (Å²) < 4.78 is 10.9. The highest BCUT2D eigenvalue weighted by Crippen LogP contribution is 2.29. The van der Waals surface area contributed by atoms with E-state index in [0.717, 1.165) is 37.9 Å². The number of likely N-dealkylation sites (tertiary alicyclic amines) is 1. The topological polar surface area (TPSA) is 24.9 Å². The standard InChI is InChI=1S/C27H38N2O2/c1-21-15-22(10-11-27(21)31-3)18-28(13-14-30-2)19-23-7-6-12-29(20-23)26-16-24-8-4-5-9-25(24)17-26/h4-5,8-11,15,23,26H,6-7,12-14,16-20H2,1-3H3. The molecule has 2 aromatic rings. The van der Waals surface area contributed by atoms with Crippen LogP contribution in [0.1, 0.15) is 35.1 Å². The maximum atomic E-state index is 5.44. The average molecular weight is 423 g/mol. The summed E-state index contributed by atoms with van der Waals surface area (Å²) in [7, 11) is 3.54. The lowest BCUT2D eigenvalue weighted by Gasteiger charge is -2.39. The third-order valence-corrected chi connectivity index (χ3v) is 7.09. The molecule has 2 aromatic carbocycles. The van der Waals surface area contributed by atoms with Gasteiger partial charge in [-0.25, -0.2) is 0 Å². The number of aryl methyl sites for hydroxylation is 1. The highest BCUT2D eigenvalue weighted by Gasteiger charge is 2.31. The molecule has 0 saturated carbocycles.